The molecule has 0 aliphatic carbocycles. The van der Waals surface area contributed by atoms with Gasteiger partial charge in [-0.3, -0.25) is 0 Å². The molecule has 19 heavy (non-hydrogen) atoms. The molecule has 1 aliphatic heterocycles. The van der Waals surface area contributed by atoms with E-state index in [2.05, 4.69) is 23.6 Å². The zero-order valence-electron chi connectivity index (χ0n) is 11.9. The molecule has 0 aromatic heterocycles. The normalized spacial score (nSPS) is 13.5. The molecule has 0 N–H and O–H groups in total. The third kappa shape index (κ3) is 6.65. The van der Waals surface area contributed by atoms with E-state index in [0.717, 1.165) is 19.0 Å². The van der Waals surface area contributed by atoms with E-state index in [1.807, 2.05) is 18.2 Å². The van der Waals surface area contributed by atoms with Crippen LogP contribution in [0.25, 0.3) is 0 Å². The summed E-state index contributed by atoms with van der Waals surface area (Å²) in [6.45, 7) is 9.81. The van der Waals surface area contributed by atoms with Gasteiger partial charge in [-0.1, -0.05) is 30.3 Å². The van der Waals surface area contributed by atoms with Gasteiger partial charge in [0, 0.05) is 13.1 Å². The second kappa shape index (κ2) is 8.35. The molecule has 1 saturated heterocycles. The first-order chi connectivity index (χ1) is 9.09. The number of benzene rings is 1. The molecule has 104 valence electrons. The van der Waals surface area contributed by atoms with Crippen LogP contribution >= 0.6 is 0 Å². The minimum Gasteiger partial charge on any atom is -0.475 e. The average Bonchev–Trinajstić information content (AvgIpc) is 2.90. The number of nitrogens with zero attached hydrogens (tertiary/aromatic N) is 1. The van der Waals surface area contributed by atoms with Gasteiger partial charge in [0.1, 0.15) is 12.4 Å². The smallest absolute Gasteiger partial charge is 0.182 e. The molecule has 0 radical (unpaired) electrons. The molecule has 3 heteroatoms. The maximum absolute atomic E-state index is 9.44. The molecule has 1 aromatic carbocycles. The third-order valence-electron chi connectivity index (χ3n) is 2.71. The first kappa shape index (κ1) is 15.3. The molecule has 1 fully saturated rings. The summed E-state index contributed by atoms with van der Waals surface area (Å²) in [5, 5.41) is 0. The predicted octanol–water partition coefficient (Wildman–Crippen LogP) is 3.37. The summed E-state index contributed by atoms with van der Waals surface area (Å²) in [7, 11) is 0. The van der Waals surface area contributed by atoms with Crippen LogP contribution < -0.4 is 0 Å². The van der Waals surface area contributed by atoms with E-state index in [0.29, 0.717) is 6.61 Å². The highest BCUT2D eigenvalue weighted by molar-refractivity contribution is 5.72. The van der Waals surface area contributed by atoms with Crippen LogP contribution in [-0.2, 0) is 16.1 Å². The SMILES string of the molecule is C=C(OCc1ccccc1)N1CCCC1.CC(C)=O. The van der Waals surface area contributed by atoms with Gasteiger partial charge in [0.05, 0.1) is 0 Å². The lowest BCUT2D eigenvalue weighted by Gasteiger charge is -2.20. The van der Waals surface area contributed by atoms with Crippen molar-refractivity contribution in [1.82, 2.24) is 4.90 Å². The quantitative estimate of drug-likeness (QED) is 0.778. The molecule has 3 nitrogen and oxygen atoms in total. The van der Waals surface area contributed by atoms with E-state index in [-0.39, 0.29) is 5.78 Å². The van der Waals surface area contributed by atoms with E-state index in [1.54, 1.807) is 0 Å². The summed E-state index contributed by atoms with van der Waals surface area (Å²) in [6.07, 6.45) is 2.52. The summed E-state index contributed by atoms with van der Waals surface area (Å²) in [4.78, 5) is 11.7. The van der Waals surface area contributed by atoms with Crippen LogP contribution in [-0.4, -0.2) is 23.8 Å². The number of ketones is 1. The van der Waals surface area contributed by atoms with E-state index in [4.69, 9.17) is 4.74 Å². The molecule has 1 aromatic rings. The van der Waals surface area contributed by atoms with Crippen molar-refractivity contribution < 1.29 is 9.53 Å². The fraction of sp³-hybridized carbons (Fsp3) is 0.438. The Morgan fingerprint density at radius 1 is 1.21 bits per heavy atom. The lowest BCUT2D eigenvalue weighted by Crippen LogP contribution is -2.19. The van der Waals surface area contributed by atoms with E-state index >= 15 is 0 Å². The molecule has 0 bridgehead atoms. The zero-order valence-corrected chi connectivity index (χ0v) is 11.9. The van der Waals surface area contributed by atoms with Crippen molar-refractivity contribution in [1.29, 1.82) is 0 Å². The molecule has 0 atom stereocenters. The molecule has 1 heterocycles. The number of carbonyl (C=O) groups is 1. The van der Waals surface area contributed by atoms with Crippen LogP contribution in [0.1, 0.15) is 32.3 Å². The highest BCUT2D eigenvalue weighted by Crippen LogP contribution is 2.15. The minimum absolute atomic E-state index is 0.167. The number of ether oxygens (including phenoxy) is 1. The Labute approximate surface area is 115 Å². The molecule has 0 unspecified atom stereocenters. The third-order valence-corrected chi connectivity index (χ3v) is 2.71. The van der Waals surface area contributed by atoms with Crippen molar-refractivity contribution in [2.24, 2.45) is 0 Å². The first-order valence-corrected chi connectivity index (χ1v) is 6.67. The van der Waals surface area contributed by atoms with Crippen molar-refractivity contribution in [2.45, 2.75) is 33.3 Å². The summed E-state index contributed by atoms with van der Waals surface area (Å²) >= 11 is 0. The number of Topliss-reactive ketones (excluding diaryl/α,β-unsaturated/α-hetero) is 1. The Morgan fingerprint density at radius 2 is 1.74 bits per heavy atom. The molecular weight excluding hydrogens is 238 g/mol. The van der Waals surface area contributed by atoms with E-state index in [9.17, 15) is 4.79 Å². The fourth-order valence-electron chi connectivity index (χ4n) is 1.80. The first-order valence-electron chi connectivity index (χ1n) is 6.67. The maximum Gasteiger partial charge on any atom is 0.182 e. The maximum atomic E-state index is 9.44. The van der Waals surface area contributed by atoms with Gasteiger partial charge in [0.25, 0.3) is 0 Å². The van der Waals surface area contributed by atoms with Gasteiger partial charge in [-0.25, -0.2) is 0 Å². The van der Waals surface area contributed by atoms with Gasteiger partial charge in [-0.2, -0.15) is 0 Å². The highest BCUT2D eigenvalue weighted by Gasteiger charge is 2.13. The predicted molar refractivity (Wildman–Crippen MR) is 77.5 cm³/mol. The van der Waals surface area contributed by atoms with E-state index in [1.165, 1.54) is 32.3 Å². The number of likely N-dealkylation sites (tertiary alicyclic amines) is 1. The van der Waals surface area contributed by atoms with Crippen LogP contribution in [0.2, 0.25) is 0 Å². The molecule has 1 aliphatic rings. The summed E-state index contributed by atoms with van der Waals surface area (Å²) < 4.78 is 5.64. The molecule has 0 spiro atoms. The largest absolute Gasteiger partial charge is 0.475 e. The Kier molecular flexibility index (Phi) is 6.72. The highest BCUT2D eigenvalue weighted by atomic mass is 16.5. The van der Waals surface area contributed by atoms with Crippen LogP contribution in [0.4, 0.5) is 0 Å². The summed E-state index contributed by atoms with van der Waals surface area (Å²) in [6, 6.07) is 10.2. The molecule has 0 amide bonds. The number of carbonyl (C=O) groups excluding carboxylic acids is 1. The molecular formula is C16H23NO2. The van der Waals surface area contributed by atoms with Crippen molar-refractivity contribution in [3.05, 3.63) is 48.4 Å². The van der Waals surface area contributed by atoms with Crippen LogP contribution in [0.15, 0.2) is 42.8 Å². The number of rotatable bonds is 4. The average molecular weight is 261 g/mol. The van der Waals surface area contributed by atoms with Gasteiger partial charge in [-0.15, -0.1) is 0 Å². The fourth-order valence-corrected chi connectivity index (χ4v) is 1.80. The van der Waals surface area contributed by atoms with Crippen molar-refractivity contribution in [2.75, 3.05) is 13.1 Å². The van der Waals surface area contributed by atoms with E-state index < -0.39 is 0 Å². The zero-order chi connectivity index (χ0) is 14.1. The summed E-state index contributed by atoms with van der Waals surface area (Å²) in [5.41, 5.74) is 1.19. The van der Waals surface area contributed by atoms with Crippen molar-refractivity contribution >= 4 is 5.78 Å². The Bertz CT molecular complexity index is 390. The lowest BCUT2D eigenvalue weighted by atomic mass is 10.2. The van der Waals surface area contributed by atoms with Gasteiger partial charge in [-0.05, 0) is 38.8 Å². The van der Waals surface area contributed by atoms with Gasteiger partial charge in [0.2, 0.25) is 0 Å². The lowest BCUT2D eigenvalue weighted by molar-refractivity contribution is -0.114. The monoisotopic (exact) mass is 261 g/mol. The molecule has 0 saturated carbocycles. The topological polar surface area (TPSA) is 29.5 Å². The number of hydrogen-bond donors (Lipinski definition) is 0. The van der Waals surface area contributed by atoms with Crippen molar-refractivity contribution in [3.8, 4) is 0 Å². The van der Waals surface area contributed by atoms with Crippen LogP contribution in [0, 0.1) is 0 Å². The van der Waals surface area contributed by atoms with Gasteiger partial charge < -0.3 is 14.4 Å². The van der Waals surface area contributed by atoms with Crippen LogP contribution in [0.3, 0.4) is 0 Å². The minimum atomic E-state index is 0.167. The Balaban J connectivity index is 0.000000399. The Morgan fingerprint density at radius 3 is 2.26 bits per heavy atom. The standard InChI is InChI=1S/C13H17NO.C3H6O/c1-12(14-9-5-6-10-14)15-11-13-7-3-2-4-8-13;1-3(2)4/h2-4,7-8H,1,5-6,9-11H2;1-2H3. The van der Waals surface area contributed by atoms with Crippen molar-refractivity contribution in [3.63, 3.8) is 0 Å². The molecule has 2 rings (SSSR count). The van der Waals surface area contributed by atoms with Gasteiger partial charge in [0.15, 0.2) is 5.88 Å². The number of hydrogen-bond acceptors (Lipinski definition) is 3. The Hall–Kier alpha value is -1.77. The second-order valence-corrected chi connectivity index (χ2v) is 4.77. The van der Waals surface area contributed by atoms with Gasteiger partial charge >= 0.3 is 0 Å². The second-order valence-electron chi connectivity index (χ2n) is 4.77. The van der Waals surface area contributed by atoms with Crippen LogP contribution in [0.5, 0.6) is 0 Å². The summed E-state index contributed by atoms with van der Waals surface area (Å²) in [5.74, 6) is 0.983.